The monoisotopic (exact) mass is 409 g/mol. The first-order chi connectivity index (χ1) is 14.6. The van der Waals surface area contributed by atoms with Gasteiger partial charge in [-0.2, -0.15) is 0 Å². The van der Waals surface area contributed by atoms with Crippen LogP contribution in [-0.2, 0) is 16.0 Å². The van der Waals surface area contributed by atoms with Crippen LogP contribution in [0.2, 0.25) is 0 Å². The number of carbonyl (C=O) groups excluding carboxylic acids is 3. The first-order valence-electron chi connectivity index (χ1n) is 10.6. The molecule has 7 nitrogen and oxygen atoms in total. The van der Waals surface area contributed by atoms with Gasteiger partial charge in [-0.15, -0.1) is 0 Å². The largest absolute Gasteiger partial charge is 0.459 e. The lowest BCUT2D eigenvalue weighted by molar-refractivity contribution is -0.137. The zero-order valence-corrected chi connectivity index (χ0v) is 16.9. The molecule has 0 radical (unpaired) electrons. The molecule has 2 atom stereocenters. The maximum atomic E-state index is 13.4. The number of nitrogens with one attached hydrogen (secondary N) is 2. The van der Waals surface area contributed by atoms with Crippen LogP contribution in [0.3, 0.4) is 0 Å². The molecule has 7 heteroatoms. The molecule has 4 rings (SSSR count). The molecule has 3 amide bonds. The van der Waals surface area contributed by atoms with E-state index in [4.69, 9.17) is 4.42 Å². The molecule has 1 aromatic heterocycles. The van der Waals surface area contributed by atoms with Crippen molar-refractivity contribution in [2.75, 3.05) is 13.1 Å². The second kappa shape index (κ2) is 9.15. The van der Waals surface area contributed by atoms with Gasteiger partial charge in [0, 0.05) is 25.6 Å². The molecule has 2 N–H and O–H groups in total. The van der Waals surface area contributed by atoms with Crippen molar-refractivity contribution in [2.45, 2.75) is 44.2 Å². The quantitative estimate of drug-likeness (QED) is 0.733. The van der Waals surface area contributed by atoms with Crippen molar-refractivity contribution in [1.29, 1.82) is 0 Å². The minimum atomic E-state index is -0.727. The number of likely N-dealkylation sites (tertiary alicyclic amines) is 1. The van der Waals surface area contributed by atoms with Gasteiger partial charge in [0.05, 0.1) is 12.2 Å². The lowest BCUT2D eigenvalue weighted by Gasteiger charge is -2.34. The SMILES string of the molecule is O=C(N[C@@H](Cc1ccccc1)C(=O)N1CCC[C@H](C(=O)NC2CC2)C1)c1ccco1. The van der Waals surface area contributed by atoms with E-state index in [2.05, 4.69) is 10.6 Å². The highest BCUT2D eigenvalue weighted by Gasteiger charge is 2.34. The Labute approximate surface area is 175 Å². The summed E-state index contributed by atoms with van der Waals surface area (Å²) in [6.07, 6.45) is 5.44. The molecule has 2 fully saturated rings. The zero-order valence-electron chi connectivity index (χ0n) is 16.9. The van der Waals surface area contributed by atoms with Gasteiger partial charge < -0.3 is 20.0 Å². The van der Waals surface area contributed by atoms with Gasteiger partial charge in [-0.3, -0.25) is 14.4 Å². The van der Waals surface area contributed by atoms with Crippen molar-refractivity contribution in [2.24, 2.45) is 5.92 Å². The smallest absolute Gasteiger partial charge is 0.287 e. The fraction of sp³-hybridized carbons (Fsp3) is 0.435. The first-order valence-corrected chi connectivity index (χ1v) is 10.6. The van der Waals surface area contributed by atoms with E-state index >= 15 is 0 Å². The second-order valence-corrected chi connectivity index (χ2v) is 8.10. The van der Waals surface area contributed by atoms with E-state index in [1.165, 1.54) is 6.26 Å². The van der Waals surface area contributed by atoms with Crippen LogP contribution in [-0.4, -0.2) is 47.8 Å². The fourth-order valence-electron chi connectivity index (χ4n) is 3.85. The van der Waals surface area contributed by atoms with Crippen LogP contribution >= 0.6 is 0 Å². The molecule has 1 aromatic carbocycles. The van der Waals surface area contributed by atoms with Crippen molar-refractivity contribution >= 4 is 17.7 Å². The number of hydrogen-bond donors (Lipinski definition) is 2. The normalized spacial score (nSPS) is 19.7. The first kappa shape index (κ1) is 20.2. The number of nitrogens with zero attached hydrogens (tertiary/aromatic N) is 1. The molecule has 30 heavy (non-hydrogen) atoms. The van der Waals surface area contributed by atoms with Crippen molar-refractivity contribution < 1.29 is 18.8 Å². The van der Waals surface area contributed by atoms with Gasteiger partial charge in [0.2, 0.25) is 11.8 Å². The summed E-state index contributed by atoms with van der Waals surface area (Å²) in [7, 11) is 0. The van der Waals surface area contributed by atoms with E-state index in [9.17, 15) is 14.4 Å². The van der Waals surface area contributed by atoms with Crippen molar-refractivity contribution in [3.05, 3.63) is 60.1 Å². The maximum absolute atomic E-state index is 13.4. The number of piperidine rings is 1. The predicted octanol–water partition coefficient (Wildman–Crippen LogP) is 2.14. The Morgan fingerprint density at radius 3 is 2.57 bits per heavy atom. The van der Waals surface area contributed by atoms with E-state index in [0.717, 1.165) is 31.2 Å². The molecule has 158 valence electrons. The van der Waals surface area contributed by atoms with Gasteiger partial charge in [0.15, 0.2) is 5.76 Å². The Bertz CT molecular complexity index is 877. The summed E-state index contributed by atoms with van der Waals surface area (Å²) in [6, 6.07) is 12.4. The zero-order chi connectivity index (χ0) is 20.9. The lowest BCUT2D eigenvalue weighted by Crippen LogP contribution is -2.53. The van der Waals surface area contributed by atoms with Gasteiger partial charge in [0.25, 0.3) is 5.91 Å². The summed E-state index contributed by atoms with van der Waals surface area (Å²) in [5.41, 5.74) is 0.954. The van der Waals surface area contributed by atoms with Crippen molar-refractivity contribution in [3.8, 4) is 0 Å². The molecule has 0 bridgehead atoms. The van der Waals surface area contributed by atoms with Gasteiger partial charge >= 0.3 is 0 Å². The summed E-state index contributed by atoms with van der Waals surface area (Å²) >= 11 is 0. The number of benzene rings is 1. The Hall–Kier alpha value is -3.09. The maximum Gasteiger partial charge on any atom is 0.287 e. The molecule has 1 saturated carbocycles. The Morgan fingerprint density at radius 2 is 1.87 bits per heavy atom. The van der Waals surface area contributed by atoms with Gasteiger partial charge in [-0.05, 0) is 43.4 Å². The number of furan rings is 1. The van der Waals surface area contributed by atoms with Crippen LogP contribution in [0.5, 0.6) is 0 Å². The van der Waals surface area contributed by atoms with Crippen LogP contribution in [0.15, 0.2) is 53.1 Å². The summed E-state index contributed by atoms with van der Waals surface area (Å²) in [5, 5.41) is 5.87. The standard InChI is InChI=1S/C23H27N3O4/c27-21(24-18-10-11-18)17-8-4-12-26(15-17)23(29)19(14-16-6-2-1-3-7-16)25-22(28)20-9-5-13-30-20/h1-3,5-7,9,13,17-19H,4,8,10-12,14-15H2,(H,24,27)(H,25,28)/t17-,19-/m0/s1. The van der Waals surface area contributed by atoms with E-state index < -0.39 is 11.9 Å². The highest BCUT2D eigenvalue weighted by Crippen LogP contribution is 2.23. The molecule has 0 unspecified atom stereocenters. The molecule has 1 saturated heterocycles. The fourth-order valence-corrected chi connectivity index (χ4v) is 3.85. The van der Waals surface area contributed by atoms with Crippen LogP contribution in [0.25, 0.3) is 0 Å². The van der Waals surface area contributed by atoms with Crippen molar-refractivity contribution in [1.82, 2.24) is 15.5 Å². The van der Waals surface area contributed by atoms with E-state index in [1.54, 1.807) is 17.0 Å². The highest BCUT2D eigenvalue weighted by atomic mass is 16.3. The van der Waals surface area contributed by atoms with Gasteiger partial charge in [-0.25, -0.2) is 0 Å². The molecule has 2 heterocycles. The average Bonchev–Trinajstić information content (AvgIpc) is 3.41. The van der Waals surface area contributed by atoms with E-state index in [-0.39, 0.29) is 23.5 Å². The molecule has 1 aliphatic heterocycles. The third-order valence-corrected chi connectivity index (χ3v) is 5.66. The minimum Gasteiger partial charge on any atom is -0.459 e. The predicted molar refractivity (Wildman–Crippen MR) is 111 cm³/mol. The Kier molecular flexibility index (Phi) is 6.16. The Morgan fingerprint density at radius 1 is 1.07 bits per heavy atom. The average molecular weight is 409 g/mol. The number of rotatable bonds is 7. The topological polar surface area (TPSA) is 91.7 Å². The molecule has 1 aliphatic carbocycles. The Balaban J connectivity index is 1.46. The number of hydrogen-bond acceptors (Lipinski definition) is 4. The van der Waals surface area contributed by atoms with E-state index in [1.807, 2.05) is 30.3 Å². The third-order valence-electron chi connectivity index (χ3n) is 5.66. The summed E-state index contributed by atoms with van der Waals surface area (Å²) in [6.45, 7) is 0.979. The van der Waals surface area contributed by atoms with Crippen molar-refractivity contribution in [3.63, 3.8) is 0 Å². The van der Waals surface area contributed by atoms with Gasteiger partial charge in [0.1, 0.15) is 6.04 Å². The summed E-state index contributed by atoms with van der Waals surface area (Å²) < 4.78 is 5.17. The van der Waals surface area contributed by atoms with Gasteiger partial charge in [-0.1, -0.05) is 30.3 Å². The summed E-state index contributed by atoms with van der Waals surface area (Å²) in [5.74, 6) is -0.575. The molecular formula is C23H27N3O4. The number of carbonyl (C=O) groups is 3. The van der Waals surface area contributed by atoms with Crippen LogP contribution < -0.4 is 10.6 Å². The molecular weight excluding hydrogens is 382 g/mol. The third kappa shape index (κ3) is 5.09. The molecule has 0 spiro atoms. The molecule has 2 aliphatic rings. The van der Waals surface area contributed by atoms with Crippen LogP contribution in [0, 0.1) is 5.92 Å². The van der Waals surface area contributed by atoms with Crippen LogP contribution in [0.1, 0.15) is 41.8 Å². The second-order valence-electron chi connectivity index (χ2n) is 8.10. The lowest BCUT2D eigenvalue weighted by atomic mass is 9.95. The summed E-state index contributed by atoms with van der Waals surface area (Å²) in [4.78, 5) is 40.1. The highest BCUT2D eigenvalue weighted by molar-refractivity contribution is 5.95. The number of amides is 3. The van der Waals surface area contributed by atoms with E-state index in [0.29, 0.717) is 25.6 Å². The molecule has 2 aromatic rings. The minimum absolute atomic E-state index is 0.0363. The van der Waals surface area contributed by atoms with Crippen LogP contribution in [0.4, 0.5) is 0 Å².